The fraction of sp³-hybridized carbons (Fsp3) is 0.538. The molecule has 0 aromatic carbocycles. The summed E-state index contributed by atoms with van der Waals surface area (Å²) in [5.74, 6) is 0. The zero-order valence-corrected chi connectivity index (χ0v) is 11.2. The second-order valence-corrected chi connectivity index (χ2v) is 4.80. The summed E-state index contributed by atoms with van der Waals surface area (Å²) in [7, 11) is 0. The maximum absolute atomic E-state index is 11.9. The van der Waals surface area contributed by atoms with Gasteiger partial charge in [0.1, 0.15) is 0 Å². The first-order valence-corrected chi connectivity index (χ1v) is 6.52. The van der Waals surface area contributed by atoms with E-state index in [-0.39, 0.29) is 6.42 Å². The molecule has 7 heteroatoms. The number of aromatic nitrogens is 3. The molecule has 0 unspecified atom stereocenters. The number of rotatable bonds is 6. The highest BCUT2D eigenvalue weighted by atomic mass is 19.4. The third kappa shape index (κ3) is 4.48. The van der Waals surface area contributed by atoms with E-state index < -0.39 is 12.6 Å². The van der Waals surface area contributed by atoms with Crippen molar-refractivity contribution in [2.75, 3.05) is 6.54 Å². The highest BCUT2D eigenvalue weighted by Crippen LogP contribution is 2.21. The SMILES string of the molecule is Cc1cc2ncc(CNCCCCC(F)(F)F)cn2n1. The number of nitrogens with zero attached hydrogens (tertiary/aromatic N) is 3. The fourth-order valence-electron chi connectivity index (χ4n) is 1.93. The van der Waals surface area contributed by atoms with Crippen LogP contribution in [-0.2, 0) is 6.54 Å². The number of alkyl halides is 3. The summed E-state index contributed by atoms with van der Waals surface area (Å²) >= 11 is 0. The molecule has 2 aromatic heterocycles. The van der Waals surface area contributed by atoms with Gasteiger partial charge in [-0.15, -0.1) is 0 Å². The summed E-state index contributed by atoms with van der Waals surface area (Å²) in [4.78, 5) is 4.26. The molecule has 0 aliphatic carbocycles. The molecule has 0 radical (unpaired) electrons. The van der Waals surface area contributed by atoms with Crippen molar-refractivity contribution in [3.8, 4) is 0 Å². The van der Waals surface area contributed by atoms with Crippen LogP contribution >= 0.6 is 0 Å². The van der Waals surface area contributed by atoms with E-state index in [0.29, 0.717) is 19.5 Å². The zero-order valence-electron chi connectivity index (χ0n) is 11.2. The number of halogens is 3. The van der Waals surface area contributed by atoms with Crippen LogP contribution in [0.5, 0.6) is 0 Å². The second-order valence-electron chi connectivity index (χ2n) is 4.80. The maximum atomic E-state index is 11.9. The lowest BCUT2D eigenvalue weighted by Gasteiger charge is -2.07. The Balaban J connectivity index is 1.73. The third-order valence-electron chi connectivity index (χ3n) is 2.88. The fourth-order valence-corrected chi connectivity index (χ4v) is 1.93. The van der Waals surface area contributed by atoms with E-state index >= 15 is 0 Å². The van der Waals surface area contributed by atoms with E-state index in [9.17, 15) is 13.2 Å². The Bertz CT molecular complexity index is 562. The highest BCUT2D eigenvalue weighted by molar-refractivity contribution is 5.38. The molecule has 0 saturated heterocycles. The quantitative estimate of drug-likeness (QED) is 0.830. The van der Waals surface area contributed by atoms with E-state index in [1.165, 1.54) is 0 Å². The van der Waals surface area contributed by atoms with Gasteiger partial charge in [0, 0.05) is 37.0 Å². The van der Waals surface area contributed by atoms with Crippen molar-refractivity contribution in [2.24, 2.45) is 0 Å². The molecule has 0 atom stereocenters. The highest BCUT2D eigenvalue weighted by Gasteiger charge is 2.25. The molecular formula is C13H17F3N4. The van der Waals surface area contributed by atoms with Crippen molar-refractivity contribution in [1.82, 2.24) is 19.9 Å². The molecular weight excluding hydrogens is 269 g/mol. The minimum atomic E-state index is -4.05. The van der Waals surface area contributed by atoms with Crippen LogP contribution in [0.3, 0.4) is 0 Å². The Labute approximate surface area is 115 Å². The number of nitrogens with one attached hydrogen (secondary N) is 1. The first-order valence-electron chi connectivity index (χ1n) is 6.52. The average Bonchev–Trinajstić information content (AvgIpc) is 2.71. The maximum Gasteiger partial charge on any atom is 0.389 e. The summed E-state index contributed by atoms with van der Waals surface area (Å²) in [6.07, 6.45) is -0.471. The summed E-state index contributed by atoms with van der Waals surface area (Å²) in [5.41, 5.74) is 2.64. The Morgan fingerprint density at radius 2 is 2.10 bits per heavy atom. The van der Waals surface area contributed by atoms with Gasteiger partial charge in [-0.3, -0.25) is 0 Å². The topological polar surface area (TPSA) is 42.2 Å². The lowest BCUT2D eigenvalue weighted by atomic mass is 10.2. The molecule has 4 nitrogen and oxygen atoms in total. The lowest BCUT2D eigenvalue weighted by molar-refractivity contribution is -0.135. The van der Waals surface area contributed by atoms with Crippen LogP contribution in [0.15, 0.2) is 18.5 Å². The van der Waals surface area contributed by atoms with Gasteiger partial charge in [-0.05, 0) is 26.3 Å². The number of unbranched alkanes of at least 4 members (excludes halogenated alkanes) is 1. The van der Waals surface area contributed by atoms with Crippen LogP contribution < -0.4 is 5.32 Å². The molecule has 2 rings (SSSR count). The van der Waals surface area contributed by atoms with Crippen LogP contribution in [0.1, 0.15) is 30.5 Å². The van der Waals surface area contributed by atoms with Gasteiger partial charge in [-0.1, -0.05) is 0 Å². The lowest BCUT2D eigenvalue weighted by Crippen LogP contribution is -2.16. The van der Waals surface area contributed by atoms with Crippen LogP contribution in [0.2, 0.25) is 0 Å². The van der Waals surface area contributed by atoms with Crippen molar-refractivity contribution in [1.29, 1.82) is 0 Å². The number of hydrogen-bond donors (Lipinski definition) is 1. The van der Waals surface area contributed by atoms with Crippen LogP contribution in [0.4, 0.5) is 13.2 Å². The van der Waals surface area contributed by atoms with Gasteiger partial charge in [0.2, 0.25) is 0 Å². The van der Waals surface area contributed by atoms with E-state index in [1.807, 2.05) is 19.2 Å². The second kappa shape index (κ2) is 6.21. The first kappa shape index (κ1) is 14.8. The van der Waals surface area contributed by atoms with Gasteiger partial charge in [-0.25, -0.2) is 9.50 Å². The van der Waals surface area contributed by atoms with Crippen molar-refractivity contribution in [3.05, 3.63) is 29.7 Å². The van der Waals surface area contributed by atoms with E-state index in [0.717, 1.165) is 16.9 Å². The summed E-state index contributed by atoms with van der Waals surface area (Å²) in [6, 6.07) is 1.88. The minimum absolute atomic E-state index is 0.159. The summed E-state index contributed by atoms with van der Waals surface area (Å²) in [5, 5.41) is 7.37. The monoisotopic (exact) mass is 286 g/mol. The van der Waals surface area contributed by atoms with Gasteiger partial charge < -0.3 is 5.32 Å². The van der Waals surface area contributed by atoms with E-state index in [4.69, 9.17) is 0 Å². The third-order valence-corrected chi connectivity index (χ3v) is 2.88. The van der Waals surface area contributed by atoms with Crippen LogP contribution in [0.25, 0.3) is 5.65 Å². The normalized spacial score (nSPS) is 12.2. The number of aryl methyl sites for hydroxylation is 1. The summed E-state index contributed by atoms with van der Waals surface area (Å²) in [6.45, 7) is 3.04. The molecule has 1 N–H and O–H groups in total. The Kier molecular flexibility index (Phi) is 4.59. The Morgan fingerprint density at radius 1 is 1.30 bits per heavy atom. The van der Waals surface area contributed by atoms with Gasteiger partial charge in [0.05, 0.1) is 5.69 Å². The minimum Gasteiger partial charge on any atom is -0.313 e. The van der Waals surface area contributed by atoms with E-state index in [2.05, 4.69) is 15.4 Å². The standard InChI is InChI=1S/C13H17F3N4/c1-10-6-12-18-8-11(9-20(12)19-10)7-17-5-3-2-4-13(14,15)16/h6,8-9,17H,2-5,7H2,1H3. The molecule has 0 aliphatic heterocycles. The van der Waals surface area contributed by atoms with E-state index in [1.54, 1.807) is 10.7 Å². The number of fused-ring (bicyclic) bond motifs is 1. The molecule has 0 fully saturated rings. The average molecular weight is 286 g/mol. The predicted octanol–water partition coefficient (Wildman–Crippen LogP) is 2.86. The molecule has 20 heavy (non-hydrogen) atoms. The molecule has 110 valence electrons. The molecule has 0 saturated carbocycles. The van der Waals surface area contributed by atoms with Crippen molar-refractivity contribution in [2.45, 2.75) is 38.9 Å². The zero-order chi connectivity index (χ0) is 14.6. The van der Waals surface area contributed by atoms with Crippen molar-refractivity contribution < 1.29 is 13.2 Å². The first-order chi connectivity index (χ1) is 9.44. The molecule has 2 aromatic rings. The Hall–Kier alpha value is -1.63. The summed E-state index contributed by atoms with van der Waals surface area (Å²) < 4.78 is 37.5. The molecule has 2 heterocycles. The molecule has 0 bridgehead atoms. The van der Waals surface area contributed by atoms with Gasteiger partial charge in [0.15, 0.2) is 5.65 Å². The predicted molar refractivity (Wildman–Crippen MR) is 69.3 cm³/mol. The largest absolute Gasteiger partial charge is 0.389 e. The van der Waals surface area contributed by atoms with Gasteiger partial charge in [0.25, 0.3) is 0 Å². The van der Waals surface area contributed by atoms with Gasteiger partial charge in [-0.2, -0.15) is 18.3 Å². The smallest absolute Gasteiger partial charge is 0.313 e. The molecule has 0 spiro atoms. The van der Waals surface area contributed by atoms with Crippen LogP contribution in [0, 0.1) is 6.92 Å². The van der Waals surface area contributed by atoms with Crippen molar-refractivity contribution >= 4 is 5.65 Å². The van der Waals surface area contributed by atoms with Gasteiger partial charge >= 0.3 is 6.18 Å². The van der Waals surface area contributed by atoms with Crippen LogP contribution in [-0.4, -0.2) is 27.3 Å². The molecule has 0 amide bonds. The Morgan fingerprint density at radius 3 is 2.85 bits per heavy atom. The number of hydrogen-bond acceptors (Lipinski definition) is 3. The van der Waals surface area contributed by atoms with Crippen molar-refractivity contribution in [3.63, 3.8) is 0 Å². The molecule has 0 aliphatic rings.